The zero-order valence-corrected chi connectivity index (χ0v) is 15.3. The number of hydrogen-bond acceptors (Lipinski definition) is 4. The van der Waals surface area contributed by atoms with Gasteiger partial charge in [-0.15, -0.1) is 0 Å². The van der Waals surface area contributed by atoms with Crippen LogP contribution in [-0.4, -0.2) is 33.1 Å². The van der Waals surface area contributed by atoms with Gasteiger partial charge in [0.05, 0.1) is 17.6 Å². The molecule has 2 aromatic rings. The maximum atomic E-state index is 12.5. The number of anilines is 1. The lowest BCUT2D eigenvalue weighted by molar-refractivity contribution is -0.137. The molecule has 3 N–H and O–H groups in total. The molecule has 27 heavy (non-hydrogen) atoms. The molecule has 142 valence electrons. The Morgan fingerprint density at radius 1 is 1.26 bits per heavy atom. The Bertz CT molecular complexity index is 806. The van der Waals surface area contributed by atoms with Gasteiger partial charge in [-0.3, -0.25) is 4.79 Å². The molecule has 7 nitrogen and oxygen atoms in total. The molecule has 7 heteroatoms. The minimum atomic E-state index is -0.877. The molecule has 0 saturated heterocycles. The Morgan fingerprint density at radius 2 is 2.00 bits per heavy atom. The Kier molecular flexibility index (Phi) is 6.01. The summed E-state index contributed by atoms with van der Waals surface area (Å²) in [6.45, 7) is 1.83. The highest BCUT2D eigenvalue weighted by Gasteiger charge is 2.29. The lowest BCUT2D eigenvalue weighted by Gasteiger charge is -2.19. The minimum absolute atomic E-state index is 0.00124. The van der Waals surface area contributed by atoms with E-state index in [4.69, 9.17) is 5.11 Å². The van der Waals surface area contributed by atoms with Gasteiger partial charge in [-0.1, -0.05) is 30.3 Å². The number of carbonyl (C=O) groups excluding carboxylic acids is 1. The molecule has 0 radical (unpaired) electrons. The van der Waals surface area contributed by atoms with E-state index in [1.54, 1.807) is 6.20 Å². The van der Waals surface area contributed by atoms with Gasteiger partial charge in [-0.2, -0.15) is 0 Å². The zero-order valence-electron chi connectivity index (χ0n) is 15.3. The summed E-state index contributed by atoms with van der Waals surface area (Å²) in [7, 11) is 0. The average Bonchev–Trinajstić information content (AvgIpc) is 3.47. The first-order chi connectivity index (χ1) is 13.0. The molecule has 3 rings (SSSR count). The molecule has 1 aliphatic carbocycles. The second kappa shape index (κ2) is 8.62. The summed E-state index contributed by atoms with van der Waals surface area (Å²) >= 11 is 0. The van der Waals surface area contributed by atoms with Crippen LogP contribution in [0.4, 0.5) is 10.5 Å². The summed E-state index contributed by atoms with van der Waals surface area (Å²) in [5.74, 6) is 0.193. The van der Waals surface area contributed by atoms with Gasteiger partial charge >= 0.3 is 12.0 Å². The normalized spacial score (nSPS) is 14.4. The van der Waals surface area contributed by atoms with E-state index in [0.717, 1.165) is 24.1 Å². The highest BCUT2D eigenvalue weighted by Crippen LogP contribution is 2.42. The van der Waals surface area contributed by atoms with Gasteiger partial charge in [0.2, 0.25) is 0 Å². The molecule has 1 atom stereocenters. The predicted octanol–water partition coefficient (Wildman–Crippen LogP) is 3.26. The predicted molar refractivity (Wildman–Crippen MR) is 102 cm³/mol. The topological polar surface area (TPSA) is 104 Å². The number of carboxylic acids is 1. The van der Waals surface area contributed by atoms with Crippen LogP contribution in [-0.2, 0) is 11.2 Å². The molecule has 1 aromatic carbocycles. The van der Waals surface area contributed by atoms with Crippen LogP contribution in [0.2, 0.25) is 0 Å². The van der Waals surface area contributed by atoms with E-state index in [0.29, 0.717) is 30.3 Å². The summed E-state index contributed by atoms with van der Waals surface area (Å²) in [6, 6.07) is 9.06. The number of nitrogens with one attached hydrogen (secondary N) is 2. The largest absolute Gasteiger partial charge is 0.481 e. The van der Waals surface area contributed by atoms with E-state index in [1.165, 1.54) is 0 Å². The number of aliphatic carboxylic acids is 1. The van der Waals surface area contributed by atoms with Crippen molar-refractivity contribution in [1.82, 2.24) is 15.3 Å². The van der Waals surface area contributed by atoms with Gasteiger partial charge < -0.3 is 15.7 Å². The van der Waals surface area contributed by atoms with Crippen LogP contribution >= 0.6 is 0 Å². The van der Waals surface area contributed by atoms with Gasteiger partial charge in [-0.05, 0) is 38.2 Å². The van der Waals surface area contributed by atoms with Crippen LogP contribution in [0.3, 0.4) is 0 Å². The summed E-state index contributed by atoms with van der Waals surface area (Å²) in [5.41, 5.74) is 2.55. The van der Waals surface area contributed by atoms with Crippen molar-refractivity contribution in [3.05, 3.63) is 53.6 Å². The Morgan fingerprint density at radius 3 is 2.67 bits per heavy atom. The first kappa shape index (κ1) is 18.8. The molecule has 2 amide bonds. The fourth-order valence-corrected chi connectivity index (χ4v) is 3.02. The first-order valence-corrected chi connectivity index (χ1v) is 9.18. The Balaban J connectivity index is 1.65. The van der Waals surface area contributed by atoms with Crippen LogP contribution in [0.15, 0.2) is 36.5 Å². The molecule has 0 spiro atoms. The summed E-state index contributed by atoms with van der Waals surface area (Å²) in [6.07, 6.45) is 4.71. The fourth-order valence-electron chi connectivity index (χ4n) is 3.02. The standard InChI is InChI=1S/C20H24N4O3/c1-13-21-12-17(19(22-13)15-7-8-15)24-20(27)23-16(9-10-18(25)26)11-14-5-3-2-4-6-14/h2-6,12,15-16H,7-11H2,1H3,(H,25,26)(H2,23,24,27). The SMILES string of the molecule is Cc1ncc(NC(=O)NC(CCC(=O)O)Cc2ccccc2)c(C2CC2)n1. The van der Waals surface area contributed by atoms with Crippen molar-refractivity contribution in [3.63, 3.8) is 0 Å². The number of hydrogen-bond donors (Lipinski definition) is 3. The average molecular weight is 368 g/mol. The smallest absolute Gasteiger partial charge is 0.319 e. The highest BCUT2D eigenvalue weighted by molar-refractivity contribution is 5.90. The van der Waals surface area contributed by atoms with E-state index >= 15 is 0 Å². The van der Waals surface area contributed by atoms with E-state index < -0.39 is 5.97 Å². The van der Waals surface area contributed by atoms with Crippen LogP contribution in [0, 0.1) is 6.92 Å². The second-order valence-corrected chi connectivity index (χ2v) is 6.91. The Hall–Kier alpha value is -2.96. The molecular formula is C20H24N4O3. The molecule has 0 aliphatic heterocycles. The third-order valence-corrected chi connectivity index (χ3v) is 4.52. The monoisotopic (exact) mass is 368 g/mol. The van der Waals surface area contributed by atoms with Crippen LogP contribution < -0.4 is 10.6 Å². The quantitative estimate of drug-likeness (QED) is 0.663. The van der Waals surface area contributed by atoms with Crippen molar-refractivity contribution in [2.75, 3.05) is 5.32 Å². The van der Waals surface area contributed by atoms with Crippen molar-refractivity contribution >= 4 is 17.7 Å². The zero-order chi connectivity index (χ0) is 19.2. The van der Waals surface area contributed by atoms with Crippen LogP contribution in [0.1, 0.15) is 48.7 Å². The van der Waals surface area contributed by atoms with E-state index in [2.05, 4.69) is 20.6 Å². The van der Waals surface area contributed by atoms with Crippen LogP contribution in [0.5, 0.6) is 0 Å². The summed E-state index contributed by atoms with van der Waals surface area (Å²) < 4.78 is 0. The molecule has 1 aromatic heterocycles. The van der Waals surface area contributed by atoms with Gasteiger partial charge in [0.15, 0.2) is 0 Å². The summed E-state index contributed by atoms with van der Waals surface area (Å²) in [4.78, 5) is 32.1. The van der Waals surface area contributed by atoms with Crippen molar-refractivity contribution in [2.24, 2.45) is 0 Å². The van der Waals surface area contributed by atoms with E-state index in [-0.39, 0.29) is 18.5 Å². The number of benzene rings is 1. The van der Waals surface area contributed by atoms with Gasteiger partial charge in [-0.25, -0.2) is 14.8 Å². The molecule has 1 aliphatic rings. The molecular weight excluding hydrogens is 344 g/mol. The van der Waals surface area contributed by atoms with E-state index in [9.17, 15) is 9.59 Å². The fraction of sp³-hybridized carbons (Fsp3) is 0.400. The van der Waals surface area contributed by atoms with Crippen molar-refractivity contribution in [1.29, 1.82) is 0 Å². The molecule has 1 fully saturated rings. The van der Waals surface area contributed by atoms with Crippen LogP contribution in [0.25, 0.3) is 0 Å². The number of amides is 2. The third kappa shape index (κ3) is 5.77. The number of nitrogens with zero attached hydrogens (tertiary/aromatic N) is 2. The maximum absolute atomic E-state index is 12.5. The number of aromatic nitrogens is 2. The highest BCUT2D eigenvalue weighted by atomic mass is 16.4. The minimum Gasteiger partial charge on any atom is -0.481 e. The van der Waals surface area contributed by atoms with E-state index in [1.807, 2.05) is 37.3 Å². The number of rotatable bonds is 8. The van der Waals surface area contributed by atoms with Crippen molar-refractivity contribution in [3.8, 4) is 0 Å². The molecule has 0 bridgehead atoms. The lowest BCUT2D eigenvalue weighted by Crippen LogP contribution is -2.40. The van der Waals surface area contributed by atoms with Crippen molar-refractivity contribution < 1.29 is 14.7 Å². The molecule has 1 unspecified atom stereocenters. The lowest BCUT2D eigenvalue weighted by atomic mass is 10.0. The number of carbonyl (C=O) groups is 2. The van der Waals surface area contributed by atoms with Crippen molar-refractivity contribution in [2.45, 2.75) is 51.0 Å². The number of urea groups is 1. The van der Waals surface area contributed by atoms with Gasteiger partial charge in [0.25, 0.3) is 0 Å². The molecule has 1 heterocycles. The van der Waals surface area contributed by atoms with Gasteiger partial charge in [0, 0.05) is 18.4 Å². The number of aryl methyl sites for hydroxylation is 1. The summed E-state index contributed by atoms with van der Waals surface area (Å²) in [5, 5.41) is 14.7. The third-order valence-electron chi connectivity index (χ3n) is 4.52. The Labute approximate surface area is 158 Å². The second-order valence-electron chi connectivity index (χ2n) is 6.91. The van der Waals surface area contributed by atoms with Gasteiger partial charge in [0.1, 0.15) is 5.82 Å². The first-order valence-electron chi connectivity index (χ1n) is 9.18. The molecule has 1 saturated carbocycles. The number of carboxylic acid groups (broad SMARTS) is 1. The maximum Gasteiger partial charge on any atom is 0.319 e.